The van der Waals surface area contributed by atoms with Gasteiger partial charge in [0.05, 0.1) is 29.0 Å². The van der Waals surface area contributed by atoms with Crippen LogP contribution in [0, 0.1) is 6.92 Å². The van der Waals surface area contributed by atoms with Crippen molar-refractivity contribution in [2.75, 3.05) is 38.4 Å². The molecule has 0 radical (unpaired) electrons. The highest BCUT2D eigenvalue weighted by Crippen LogP contribution is 2.37. The molecule has 110 valence electrons. The lowest BCUT2D eigenvalue weighted by Gasteiger charge is -2.15. The summed E-state index contributed by atoms with van der Waals surface area (Å²) >= 11 is 2.93. The van der Waals surface area contributed by atoms with Gasteiger partial charge in [0.15, 0.2) is 0 Å². The van der Waals surface area contributed by atoms with E-state index in [2.05, 4.69) is 14.7 Å². The fraction of sp³-hybridized carbons (Fsp3) is 0.500. The molecule has 0 aliphatic carbocycles. The van der Waals surface area contributed by atoms with Gasteiger partial charge >= 0.3 is 0 Å². The van der Waals surface area contributed by atoms with Crippen LogP contribution in [-0.4, -0.2) is 42.8 Å². The molecule has 0 amide bonds. The number of hydrogen-bond donors (Lipinski definition) is 2. The van der Waals surface area contributed by atoms with Crippen molar-refractivity contribution in [3.63, 3.8) is 0 Å². The number of ether oxygens (including phenoxy) is 2. The molecule has 3 N–H and O–H groups in total. The molecule has 0 saturated carbocycles. The van der Waals surface area contributed by atoms with E-state index in [4.69, 9.17) is 15.2 Å². The summed E-state index contributed by atoms with van der Waals surface area (Å²) < 4.78 is 14.6. The molecular weight excluding hydrogens is 296 g/mol. The molecule has 0 saturated heterocycles. The highest BCUT2D eigenvalue weighted by molar-refractivity contribution is 7.11. The average Bonchev–Trinajstić information content (AvgIpc) is 3.00. The first-order valence-corrected chi connectivity index (χ1v) is 7.74. The lowest BCUT2D eigenvalue weighted by Crippen LogP contribution is -2.26. The Bertz CT molecular complexity index is 555. The maximum atomic E-state index is 5.95. The van der Waals surface area contributed by atoms with Gasteiger partial charge in [0, 0.05) is 26.1 Å². The number of rotatable bonds is 7. The summed E-state index contributed by atoms with van der Waals surface area (Å²) in [5.74, 6) is 0.503. The molecule has 1 atom stereocenters. The van der Waals surface area contributed by atoms with Crippen molar-refractivity contribution < 1.29 is 9.47 Å². The zero-order valence-electron chi connectivity index (χ0n) is 11.7. The molecule has 0 fully saturated rings. The number of anilines is 2. The first-order chi connectivity index (χ1) is 9.65. The number of hydrogen-bond acceptors (Lipinski definition) is 8. The Hall–Kier alpha value is -1.22. The summed E-state index contributed by atoms with van der Waals surface area (Å²) in [4.78, 5) is 4.47. The number of aromatic nitrogens is 2. The summed E-state index contributed by atoms with van der Waals surface area (Å²) in [6.45, 7) is 3.13. The van der Waals surface area contributed by atoms with Crippen molar-refractivity contribution >= 4 is 33.7 Å². The number of nitrogens with zero attached hydrogens (tertiary/aromatic N) is 2. The van der Waals surface area contributed by atoms with E-state index in [0.717, 1.165) is 21.3 Å². The van der Waals surface area contributed by atoms with Crippen LogP contribution in [0.15, 0.2) is 5.38 Å². The monoisotopic (exact) mass is 314 g/mol. The molecule has 0 bridgehead atoms. The number of nitrogens with one attached hydrogen (secondary N) is 1. The van der Waals surface area contributed by atoms with Gasteiger partial charge < -0.3 is 20.5 Å². The van der Waals surface area contributed by atoms with Crippen molar-refractivity contribution in [1.29, 1.82) is 0 Å². The molecule has 6 nitrogen and oxygen atoms in total. The Morgan fingerprint density at radius 1 is 1.45 bits per heavy atom. The Morgan fingerprint density at radius 2 is 2.25 bits per heavy atom. The second-order valence-electron chi connectivity index (χ2n) is 4.22. The molecule has 0 spiro atoms. The van der Waals surface area contributed by atoms with Gasteiger partial charge in [-0.05, 0) is 18.5 Å². The van der Waals surface area contributed by atoms with Crippen molar-refractivity contribution in [2.45, 2.75) is 13.0 Å². The maximum absolute atomic E-state index is 5.95. The van der Waals surface area contributed by atoms with Crippen LogP contribution in [0.3, 0.4) is 0 Å². The van der Waals surface area contributed by atoms with Crippen LogP contribution in [0.1, 0.15) is 5.01 Å². The predicted octanol–water partition coefficient (Wildman–Crippen LogP) is 2.23. The molecule has 0 aliphatic rings. The third-order valence-electron chi connectivity index (χ3n) is 2.77. The molecule has 2 aromatic rings. The van der Waals surface area contributed by atoms with Crippen LogP contribution in [0.5, 0.6) is 0 Å². The molecule has 2 aromatic heterocycles. The Kier molecular flexibility index (Phi) is 5.30. The standard InChI is InChI=1S/C12H18N4O2S2/c1-7-15-9(6-19-7)10-11(13)16-20-12(10)14-4-8(18-3)5-17-2/h6,8,14H,4-5H2,1-3H3,(H2,13,16). The van der Waals surface area contributed by atoms with E-state index in [-0.39, 0.29) is 6.10 Å². The molecule has 0 aliphatic heterocycles. The van der Waals surface area contributed by atoms with Gasteiger partial charge in [0.25, 0.3) is 0 Å². The van der Waals surface area contributed by atoms with E-state index in [0.29, 0.717) is 19.0 Å². The SMILES string of the molecule is COCC(CNc1snc(N)c1-c1csc(C)n1)OC. The Morgan fingerprint density at radius 3 is 2.85 bits per heavy atom. The average molecular weight is 314 g/mol. The minimum Gasteiger partial charge on any atom is -0.382 e. The van der Waals surface area contributed by atoms with Crippen molar-refractivity contribution in [1.82, 2.24) is 9.36 Å². The topological polar surface area (TPSA) is 82.3 Å². The van der Waals surface area contributed by atoms with Crippen LogP contribution < -0.4 is 11.1 Å². The number of thiazole rings is 1. The first kappa shape index (κ1) is 15.2. The van der Waals surface area contributed by atoms with Gasteiger partial charge in [-0.2, -0.15) is 4.37 Å². The van der Waals surface area contributed by atoms with E-state index >= 15 is 0 Å². The number of nitrogen functional groups attached to an aromatic ring is 1. The van der Waals surface area contributed by atoms with Crippen molar-refractivity contribution in [3.05, 3.63) is 10.4 Å². The fourth-order valence-electron chi connectivity index (χ4n) is 1.75. The first-order valence-electron chi connectivity index (χ1n) is 6.09. The summed E-state index contributed by atoms with van der Waals surface area (Å²) in [6.07, 6.45) is -0.0201. The molecule has 8 heteroatoms. The third-order valence-corrected chi connectivity index (χ3v) is 4.36. The predicted molar refractivity (Wildman–Crippen MR) is 83.5 cm³/mol. The Balaban J connectivity index is 2.13. The zero-order chi connectivity index (χ0) is 14.5. The number of methoxy groups -OCH3 is 2. The largest absolute Gasteiger partial charge is 0.382 e. The normalized spacial score (nSPS) is 12.6. The van der Waals surface area contributed by atoms with Gasteiger partial charge in [0.1, 0.15) is 10.8 Å². The van der Waals surface area contributed by atoms with Gasteiger partial charge in [-0.25, -0.2) is 4.98 Å². The van der Waals surface area contributed by atoms with E-state index in [1.807, 2.05) is 12.3 Å². The van der Waals surface area contributed by atoms with Crippen LogP contribution in [-0.2, 0) is 9.47 Å². The molecule has 2 heterocycles. The van der Waals surface area contributed by atoms with E-state index < -0.39 is 0 Å². The van der Waals surface area contributed by atoms with Crippen LogP contribution in [0.25, 0.3) is 11.3 Å². The summed E-state index contributed by atoms with van der Waals surface area (Å²) in [5.41, 5.74) is 7.68. The maximum Gasteiger partial charge on any atom is 0.148 e. The minimum atomic E-state index is -0.0201. The van der Waals surface area contributed by atoms with Gasteiger partial charge in [-0.1, -0.05) is 0 Å². The van der Waals surface area contributed by atoms with E-state index in [9.17, 15) is 0 Å². The van der Waals surface area contributed by atoms with Gasteiger partial charge in [-0.3, -0.25) is 0 Å². The second-order valence-corrected chi connectivity index (χ2v) is 6.05. The highest BCUT2D eigenvalue weighted by atomic mass is 32.1. The zero-order valence-corrected chi connectivity index (χ0v) is 13.3. The minimum absolute atomic E-state index is 0.0201. The molecule has 20 heavy (non-hydrogen) atoms. The third kappa shape index (κ3) is 3.45. The summed E-state index contributed by atoms with van der Waals surface area (Å²) in [7, 11) is 3.32. The molecule has 0 aromatic carbocycles. The van der Waals surface area contributed by atoms with E-state index in [1.54, 1.807) is 25.6 Å². The lowest BCUT2D eigenvalue weighted by atomic mass is 10.2. The second kappa shape index (κ2) is 6.98. The number of aryl methyl sites for hydroxylation is 1. The smallest absolute Gasteiger partial charge is 0.148 e. The fourth-order valence-corrected chi connectivity index (χ4v) is 3.08. The molecular formula is C12H18N4O2S2. The lowest BCUT2D eigenvalue weighted by molar-refractivity contribution is 0.0366. The van der Waals surface area contributed by atoms with E-state index in [1.165, 1.54) is 11.5 Å². The number of nitrogens with two attached hydrogens (primary N) is 1. The van der Waals surface area contributed by atoms with Crippen LogP contribution in [0.4, 0.5) is 10.8 Å². The summed E-state index contributed by atoms with van der Waals surface area (Å²) in [6, 6.07) is 0. The van der Waals surface area contributed by atoms with Gasteiger partial charge in [0.2, 0.25) is 0 Å². The van der Waals surface area contributed by atoms with Crippen LogP contribution in [0.2, 0.25) is 0 Å². The van der Waals surface area contributed by atoms with Gasteiger partial charge in [-0.15, -0.1) is 11.3 Å². The van der Waals surface area contributed by atoms with Crippen molar-refractivity contribution in [3.8, 4) is 11.3 Å². The van der Waals surface area contributed by atoms with Crippen LogP contribution >= 0.6 is 22.9 Å². The summed E-state index contributed by atoms with van der Waals surface area (Å²) in [5, 5.41) is 7.22. The van der Waals surface area contributed by atoms with Crippen molar-refractivity contribution in [2.24, 2.45) is 0 Å². The highest BCUT2D eigenvalue weighted by Gasteiger charge is 2.17. The molecule has 1 unspecified atom stereocenters. The Labute approximate surface area is 126 Å². The quantitative estimate of drug-likeness (QED) is 0.815. The molecule has 2 rings (SSSR count).